The minimum atomic E-state index is -0.273. The lowest BCUT2D eigenvalue weighted by atomic mass is 10.1. The Bertz CT molecular complexity index is 1210. The first-order valence-electron chi connectivity index (χ1n) is 9.76. The van der Waals surface area contributed by atoms with Crippen LogP contribution in [0.4, 0.5) is 5.69 Å². The average molecular weight is 507 g/mol. The Kier molecular flexibility index (Phi) is 5.04. The number of carbonyl (C=O) groups is 1. The van der Waals surface area contributed by atoms with Gasteiger partial charge in [-0.05, 0) is 49.2 Å². The molecule has 5 nitrogen and oxygen atoms in total. The molecule has 0 aliphatic carbocycles. The van der Waals surface area contributed by atoms with Crippen LogP contribution in [0.25, 0.3) is 10.9 Å². The number of hydrogen-bond donors (Lipinski definition) is 1. The fourth-order valence-electron chi connectivity index (χ4n) is 4.71. The Labute approximate surface area is 191 Å². The molecule has 30 heavy (non-hydrogen) atoms. The van der Waals surface area contributed by atoms with Gasteiger partial charge in [-0.1, -0.05) is 39.1 Å². The summed E-state index contributed by atoms with van der Waals surface area (Å²) in [6.45, 7) is 1.22. The highest BCUT2D eigenvalue weighted by atomic mass is 79.9. The molecule has 8 heteroatoms. The molecule has 2 aliphatic heterocycles. The van der Waals surface area contributed by atoms with Gasteiger partial charge in [0.2, 0.25) is 5.56 Å². The van der Waals surface area contributed by atoms with Crippen molar-refractivity contribution in [2.24, 2.45) is 0 Å². The minimum Gasteiger partial charge on any atom is -0.362 e. The Morgan fingerprint density at radius 2 is 1.73 bits per heavy atom. The molecule has 3 aromatic rings. The lowest BCUT2D eigenvalue weighted by Gasteiger charge is -2.42. The number of likely N-dealkylation sites (tertiary alicyclic amines) is 1. The van der Waals surface area contributed by atoms with Crippen molar-refractivity contribution in [2.75, 3.05) is 18.0 Å². The summed E-state index contributed by atoms with van der Waals surface area (Å²) in [5.41, 5.74) is 1.86. The zero-order valence-corrected chi connectivity index (χ0v) is 19.0. The second-order valence-electron chi connectivity index (χ2n) is 7.84. The molecule has 154 valence electrons. The van der Waals surface area contributed by atoms with E-state index in [1.54, 1.807) is 0 Å². The van der Waals surface area contributed by atoms with E-state index < -0.39 is 0 Å². The molecule has 2 aromatic carbocycles. The predicted molar refractivity (Wildman–Crippen MR) is 124 cm³/mol. The zero-order chi connectivity index (χ0) is 21.0. The van der Waals surface area contributed by atoms with Crippen molar-refractivity contribution < 1.29 is 4.79 Å². The van der Waals surface area contributed by atoms with E-state index in [0.29, 0.717) is 34.2 Å². The second-order valence-corrected chi connectivity index (χ2v) is 9.57. The van der Waals surface area contributed by atoms with Crippen LogP contribution in [0.3, 0.4) is 0 Å². The number of aromatic amines is 1. The molecule has 0 spiro atoms. The summed E-state index contributed by atoms with van der Waals surface area (Å²) in [6.07, 6.45) is 2.02. The van der Waals surface area contributed by atoms with Gasteiger partial charge in [-0.3, -0.25) is 9.59 Å². The first-order chi connectivity index (χ1) is 14.4. The second kappa shape index (κ2) is 7.59. The SMILES string of the molecule is O=C(c1cc(=O)[nH]c2ccc(Br)cc12)N1CC2CCC(C1)N2c1ccc(Cl)c(Cl)c1. The highest BCUT2D eigenvalue weighted by Gasteiger charge is 2.42. The number of piperazine rings is 1. The summed E-state index contributed by atoms with van der Waals surface area (Å²) in [4.78, 5) is 32.6. The maximum atomic E-state index is 13.4. The molecule has 3 heterocycles. The molecule has 2 atom stereocenters. The van der Waals surface area contributed by atoms with Crippen molar-refractivity contribution in [1.82, 2.24) is 9.88 Å². The standard InChI is InChI=1S/C22H18BrCl2N3O2/c23-12-1-6-20-16(7-12)17(9-21(29)26-20)22(30)27-10-14-2-3-15(11-27)28(14)13-4-5-18(24)19(25)8-13/h1,4-9,14-15H,2-3,10-11H2,(H,26,29). The molecule has 1 amide bonds. The lowest BCUT2D eigenvalue weighted by Crippen LogP contribution is -2.55. The summed E-state index contributed by atoms with van der Waals surface area (Å²) in [5.74, 6) is -0.102. The van der Waals surface area contributed by atoms with E-state index in [2.05, 4.69) is 25.8 Å². The van der Waals surface area contributed by atoms with E-state index >= 15 is 0 Å². The maximum absolute atomic E-state index is 13.4. The first kappa shape index (κ1) is 19.9. The van der Waals surface area contributed by atoms with E-state index in [4.69, 9.17) is 23.2 Å². The summed E-state index contributed by atoms with van der Waals surface area (Å²) in [5, 5.41) is 1.81. The van der Waals surface area contributed by atoms with E-state index in [-0.39, 0.29) is 23.6 Å². The molecule has 2 fully saturated rings. The number of anilines is 1. The number of benzene rings is 2. The number of carbonyl (C=O) groups excluding carboxylic acids is 1. The fourth-order valence-corrected chi connectivity index (χ4v) is 5.36. The molecule has 2 saturated heterocycles. The molecule has 1 aromatic heterocycles. The van der Waals surface area contributed by atoms with E-state index in [1.165, 1.54) is 6.07 Å². The Balaban J connectivity index is 1.46. The van der Waals surface area contributed by atoms with Crippen LogP contribution in [0.15, 0.2) is 51.7 Å². The fraction of sp³-hybridized carbons (Fsp3) is 0.273. The molecule has 2 bridgehead atoms. The van der Waals surface area contributed by atoms with Crippen molar-refractivity contribution in [3.05, 3.63) is 72.9 Å². The molecule has 5 rings (SSSR count). The van der Waals surface area contributed by atoms with Gasteiger partial charge >= 0.3 is 0 Å². The molecular weight excluding hydrogens is 489 g/mol. The van der Waals surface area contributed by atoms with Crippen molar-refractivity contribution in [1.29, 1.82) is 0 Å². The van der Waals surface area contributed by atoms with Gasteiger partial charge < -0.3 is 14.8 Å². The topological polar surface area (TPSA) is 56.4 Å². The number of pyridine rings is 1. The molecular formula is C22H18BrCl2N3O2. The number of fused-ring (bicyclic) bond motifs is 3. The van der Waals surface area contributed by atoms with Crippen molar-refractivity contribution in [2.45, 2.75) is 24.9 Å². The molecule has 0 saturated carbocycles. The van der Waals surface area contributed by atoms with Crippen LogP contribution in [-0.2, 0) is 0 Å². The van der Waals surface area contributed by atoms with Crippen molar-refractivity contribution >= 4 is 61.6 Å². The van der Waals surface area contributed by atoms with Crippen LogP contribution in [-0.4, -0.2) is 41.0 Å². The van der Waals surface area contributed by atoms with Gasteiger partial charge in [0.15, 0.2) is 0 Å². The Morgan fingerprint density at radius 3 is 2.43 bits per heavy atom. The number of H-pyrrole nitrogens is 1. The third-order valence-corrected chi connectivity index (χ3v) is 7.24. The number of hydrogen-bond acceptors (Lipinski definition) is 3. The van der Waals surface area contributed by atoms with Gasteiger partial charge in [0.1, 0.15) is 0 Å². The van der Waals surface area contributed by atoms with E-state index in [9.17, 15) is 9.59 Å². The van der Waals surface area contributed by atoms with Gasteiger partial charge in [0.05, 0.1) is 15.6 Å². The normalized spacial score (nSPS) is 20.8. The number of rotatable bonds is 2. The Hall–Kier alpha value is -2.02. The van der Waals surface area contributed by atoms with Crippen LogP contribution in [0.1, 0.15) is 23.2 Å². The van der Waals surface area contributed by atoms with E-state index in [1.807, 2.05) is 41.3 Å². The van der Waals surface area contributed by atoms with Gasteiger partial charge in [-0.2, -0.15) is 0 Å². The summed E-state index contributed by atoms with van der Waals surface area (Å²) in [7, 11) is 0. The quantitative estimate of drug-likeness (QED) is 0.526. The predicted octanol–water partition coefficient (Wildman–Crippen LogP) is 5.09. The molecule has 2 aliphatic rings. The Morgan fingerprint density at radius 1 is 1.00 bits per heavy atom. The van der Waals surface area contributed by atoms with Gasteiger partial charge in [0, 0.05) is 52.3 Å². The minimum absolute atomic E-state index is 0.102. The summed E-state index contributed by atoms with van der Waals surface area (Å²) in [6, 6.07) is 13.1. The highest BCUT2D eigenvalue weighted by molar-refractivity contribution is 9.10. The zero-order valence-electron chi connectivity index (χ0n) is 15.9. The van der Waals surface area contributed by atoms with Crippen LogP contribution in [0, 0.1) is 0 Å². The molecule has 2 unspecified atom stereocenters. The van der Waals surface area contributed by atoms with E-state index in [0.717, 1.165) is 28.4 Å². The van der Waals surface area contributed by atoms with Crippen LogP contribution < -0.4 is 10.5 Å². The number of aromatic nitrogens is 1. The van der Waals surface area contributed by atoms with Gasteiger partial charge in [-0.25, -0.2) is 0 Å². The first-order valence-corrected chi connectivity index (χ1v) is 11.3. The van der Waals surface area contributed by atoms with Crippen molar-refractivity contribution in [3.63, 3.8) is 0 Å². The number of halogens is 3. The molecule has 1 N–H and O–H groups in total. The number of nitrogens with one attached hydrogen (secondary N) is 1. The lowest BCUT2D eigenvalue weighted by molar-refractivity contribution is 0.0719. The van der Waals surface area contributed by atoms with Crippen LogP contribution in [0.5, 0.6) is 0 Å². The largest absolute Gasteiger partial charge is 0.362 e. The summed E-state index contributed by atoms with van der Waals surface area (Å²) < 4.78 is 0.862. The average Bonchev–Trinajstić information content (AvgIpc) is 2.98. The van der Waals surface area contributed by atoms with Crippen LogP contribution >= 0.6 is 39.1 Å². The highest BCUT2D eigenvalue weighted by Crippen LogP contribution is 2.38. The monoisotopic (exact) mass is 505 g/mol. The van der Waals surface area contributed by atoms with Crippen molar-refractivity contribution in [3.8, 4) is 0 Å². The maximum Gasteiger partial charge on any atom is 0.254 e. The smallest absolute Gasteiger partial charge is 0.254 e. The van der Waals surface area contributed by atoms with Gasteiger partial charge in [0.25, 0.3) is 5.91 Å². The van der Waals surface area contributed by atoms with Crippen LogP contribution in [0.2, 0.25) is 10.0 Å². The third kappa shape index (κ3) is 3.41. The number of amides is 1. The summed E-state index contributed by atoms with van der Waals surface area (Å²) >= 11 is 15.8. The number of nitrogens with zero attached hydrogens (tertiary/aromatic N) is 2. The third-order valence-electron chi connectivity index (χ3n) is 6.01. The molecule has 0 radical (unpaired) electrons. The van der Waals surface area contributed by atoms with Gasteiger partial charge in [-0.15, -0.1) is 0 Å².